The monoisotopic (exact) mass is 303 g/mol. The van der Waals surface area contributed by atoms with Gasteiger partial charge in [-0.05, 0) is 25.7 Å². The average molecular weight is 304 g/mol. The van der Waals surface area contributed by atoms with E-state index < -0.39 is 10.0 Å². The van der Waals surface area contributed by atoms with Crippen molar-refractivity contribution in [3.05, 3.63) is 0 Å². The number of piperidine rings is 1. The minimum absolute atomic E-state index is 0.126. The molecule has 0 N–H and O–H groups in total. The topological polar surface area (TPSA) is 37.4 Å². The molecule has 0 aromatic rings. The minimum Gasteiger partial charge on any atom is -0.212 e. The van der Waals surface area contributed by atoms with Crippen LogP contribution in [0.4, 0.5) is 0 Å². The lowest BCUT2D eigenvalue weighted by molar-refractivity contribution is 0.338. The summed E-state index contributed by atoms with van der Waals surface area (Å²) in [4.78, 5) is 0. The Bertz CT molecular complexity index is 324. The van der Waals surface area contributed by atoms with Crippen molar-refractivity contribution in [2.24, 2.45) is 0 Å². The molecule has 1 fully saturated rings. The molecule has 120 valence electrons. The Kier molecular flexibility index (Phi) is 8.78. The van der Waals surface area contributed by atoms with Crippen LogP contribution in [0.2, 0.25) is 0 Å². The lowest BCUT2D eigenvalue weighted by Crippen LogP contribution is -2.41. The first-order chi connectivity index (χ1) is 9.62. The molecule has 0 unspecified atom stereocenters. The maximum atomic E-state index is 12.8. The second-order valence-corrected chi connectivity index (χ2v) is 8.33. The third-order valence-corrected chi connectivity index (χ3v) is 6.75. The fraction of sp³-hybridized carbons (Fsp3) is 1.00. The van der Waals surface area contributed by atoms with Gasteiger partial charge in [0.25, 0.3) is 0 Å². The van der Waals surface area contributed by atoms with Crippen molar-refractivity contribution in [1.29, 1.82) is 0 Å². The Morgan fingerprint density at radius 3 is 1.80 bits per heavy atom. The zero-order valence-electron chi connectivity index (χ0n) is 13.4. The fourth-order valence-electron chi connectivity index (χ4n) is 3.02. The molecular weight excluding hydrogens is 270 g/mol. The highest BCUT2D eigenvalue weighted by Crippen LogP contribution is 2.24. The molecule has 0 aliphatic carbocycles. The molecule has 1 rings (SSSR count). The molecule has 1 saturated heterocycles. The number of hydrogen-bond donors (Lipinski definition) is 0. The number of rotatable bonds is 10. The standard InChI is InChI=1S/C16H33NO2S/c1-3-5-8-12-16(13-9-6-4-2)20(18,19)17-14-10-7-11-15-17/h16H,3-15H2,1-2H3. The van der Waals surface area contributed by atoms with Gasteiger partial charge in [0.1, 0.15) is 0 Å². The van der Waals surface area contributed by atoms with Gasteiger partial charge in [0, 0.05) is 13.1 Å². The van der Waals surface area contributed by atoms with Crippen LogP contribution in [0.3, 0.4) is 0 Å². The third-order valence-electron chi connectivity index (χ3n) is 4.36. The van der Waals surface area contributed by atoms with Gasteiger partial charge in [0.05, 0.1) is 5.25 Å². The van der Waals surface area contributed by atoms with Gasteiger partial charge in [0.15, 0.2) is 0 Å². The Labute approximate surface area is 126 Å². The van der Waals surface area contributed by atoms with Crippen molar-refractivity contribution < 1.29 is 8.42 Å². The van der Waals surface area contributed by atoms with E-state index in [0.717, 1.165) is 77.3 Å². The van der Waals surface area contributed by atoms with E-state index in [-0.39, 0.29) is 5.25 Å². The van der Waals surface area contributed by atoms with Gasteiger partial charge in [-0.3, -0.25) is 0 Å². The highest BCUT2D eigenvalue weighted by molar-refractivity contribution is 7.89. The normalized spacial score (nSPS) is 17.8. The molecule has 0 aromatic carbocycles. The van der Waals surface area contributed by atoms with Crippen LogP contribution in [0.1, 0.15) is 84.5 Å². The highest BCUT2D eigenvalue weighted by Gasteiger charge is 2.31. The molecule has 1 aliphatic heterocycles. The molecule has 3 nitrogen and oxygen atoms in total. The van der Waals surface area contributed by atoms with E-state index in [2.05, 4.69) is 13.8 Å². The molecule has 0 radical (unpaired) electrons. The Balaban J connectivity index is 2.61. The first-order valence-corrected chi connectivity index (χ1v) is 10.1. The summed E-state index contributed by atoms with van der Waals surface area (Å²) in [6.07, 6.45) is 11.7. The minimum atomic E-state index is -3.05. The van der Waals surface area contributed by atoms with Gasteiger partial charge >= 0.3 is 0 Å². The van der Waals surface area contributed by atoms with Crippen molar-refractivity contribution in [1.82, 2.24) is 4.31 Å². The predicted octanol–water partition coefficient (Wildman–Crippen LogP) is 4.33. The Morgan fingerprint density at radius 2 is 1.35 bits per heavy atom. The van der Waals surface area contributed by atoms with Crippen molar-refractivity contribution in [3.63, 3.8) is 0 Å². The summed E-state index contributed by atoms with van der Waals surface area (Å²) >= 11 is 0. The van der Waals surface area contributed by atoms with Gasteiger partial charge in [-0.1, -0.05) is 58.8 Å². The molecule has 4 heteroatoms. The summed E-state index contributed by atoms with van der Waals surface area (Å²) in [6, 6.07) is 0. The van der Waals surface area contributed by atoms with Crippen LogP contribution in [0.15, 0.2) is 0 Å². The molecule has 1 aliphatic rings. The summed E-state index contributed by atoms with van der Waals surface area (Å²) < 4.78 is 27.4. The van der Waals surface area contributed by atoms with E-state index >= 15 is 0 Å². The van der Waals surface area contributed by atoms with Gasteiger partial charge < -0.3 is 0 Å². The van der Waals surface area contributed by atoms with Crippen LogP contribution < -0.4 is 0 Å². The molecule has 20 heavy (non-hydrogen) atoms. The molecular formula is C16H33NO2S. The van der Waals surface area contributed by atoms with Crippen molar-refractivity contribution >= 4 is 10.0 Å². The first kappa shape index (κ1) is 18.0. The number of nitrogens with zero attached hydrogens (tertiary/aromatic N) is 1. The van der Waals surface area contributed by atoms with E-state index in [9.17, 15) is 8.42 Å². The highest BCUT2D eigenvalue weighted by atomic mass is 32.2. The van der Waals surface area contributed by atoms with Crippen molar-refractivity contribution in [3.8, 4) is 0 Å². The fourth-order valence-corrected chi connectivity index (χ4v) is 5.13. The molecule has 0 bridgehead atoms. The smallest absolute Gasteiger partial charge is 0.212 e. The van der Waals surface area contributed by atoms with Crippen LogP contribution in [0.5, 0.6) is 0 Å². The summed E-state index contributed by atoms with van der Waals surface area (Å²) in [5, 5.41) is -0.126. The quantitative estimate of drug-likeness (QED) is 0.563. The van der Waals surface area contributed by atoms with Gasteiger partial charge in [-0.2, -0.15) is 0 Å². The van der Waals surface area contributed by atoms with Crippen molar-refractivity contribution in [2.45, 2.75) is 89.7 Å². The lowest BCUT2D eigenvalue weighted by Gasteiger charge is -2.30. The number of unbranched alkanes of at least 4 members (excludes halogenated alkanes) is 4. The average Bonchev–Trinajstić information content (AvgIpc) is 2.47. The third kappa shape index (κ3) is 5.72. The van der Waals surface area contributed by atoms with Gasteiger partial charge in [-0.15, -0.1) is 0 Å². The largest absolute Gasteiger partial charge is 0.216 e. The molecule has 0 spiro atoms. The second-order valence-electron chi connectivity index (χ2n) is 6.12. The van der Waals surface area contributed by atoms with E-state index in [1.54, 1.807) is 4.31 Å². The van der Waals surface area contributed by atoms with E-state index in [4.69, 9.17) is 0 Å². The SMILES string of the molecule is CCCCCC(CCCCC)S(=O)(=O)N1CCCCC1. The second kappa shape index (κ2) is 9.78. The van der Waals surface area contributed by atoms with Crippen LogP contribution in [0, 0.1) is 0 Å². The van der Waals surface area contributed by atoms with E-state index in [1.165, 1.54) is 6.42 Å². The van der Waals surface area contributed by atoms with E-state index in [1.807, 2.05) is 0 Å². The summed E-state index contributed by atoms with van der Waals surface area (Å²) in [5.41, 5.74) is 0. The molecule has 0 aromatic heterocycles. The maximum Gasteiger partial charge on any atom is 0.216 e. The molecule has 0 atom stereocenters. The molecule has 0 saturated carbocycles. The summed E-state index contributed by atoms with van der Waals surface area (Å²) in [7, 11) is -3.05. The molecule has 0 amide bonds. The van der Waals surface area contributed by atoms with Crippen LogP contribution in [-0.2, 0) is 10.0 Å². The van der Waals surface area contributed by atoms with E-state index in [0.29, 0.717) is 0 Å². The zero-order chi connectivity index (χ0) is 14.8. The number of sulfonamides is 1. The number of hydrogen-bond acceptors (Lipinski definition) is 2. The maximum absolute atomic E-state index is 12.8. The predicted molar refractivity (Wildman–Crippen MR) is 86.4 cm³/mol. The Hall–Kier alpha value is -0.0900. The Morgan fingerprint density at radius 1 is 0.850 bits per heavy atom. The van der Waals surface area contributed by atoms with Gasteiger partial charge in [-0.25, -0.2) is 12.7 Å². The van der Waals surface area contributed by atoms with Crippen LogP contribution in [0.25, 0.3) is 0 Å². The van der Waals surface area contributed by atoms with Crippen LogP contribution in [-0.4, -0.2) is 31.1 Å². The summed E-state index contributed by atoms with van der Waals surface area (Å²) in [5.74, 6) is 0. The van der Waals surface area contributed by atoms with Crippen molar-refractivity contribution in [2.75, 3.05) is 13.1 Å². The van der Waals surface area contributed by atoms with Gasteiger partial charge in [0.2, 0.25) is 10.0 Å². The van der Waals surface area contributed by atoms with Crippen LogP contribution >= 0.6 is 0 Å². The molecule has 1 heterocycles. The lowest BCUT2D eigenvalue weighted by atomic mass is 10.1. The summed E-state index contributed by atoms with van der Waals surface area (Å²) in [6.45, 7) is 5.84. The zero-order valence-corrected chi connectivity index (χ0v) is 14.3. The first-order valence-electron chi connectivity index (χ1n) is 8.61.